The van der Waals surface area contributed by atoms with Crippen LogP contribution in [0.4, 0.5) is 0 Å². The molecule has 0 atom stereocenters. The highest BCUT2D eigenvalue weighted by atomic mass is 14.0. The van der Waals surface area contributed by atoms with Gasteiger partial charge in [0.25, 0.3) is 0 Å². The molecular weight excluding hydrogens is 131 g/mol. The predicted molar refractivity (Wildman–Crippen MR) is 50.6 cm³/mol. The quantitative estimate of drug-likeness (QED) is 0.554. The van der Waals surface area contributed by atoms with Crippen LogP contribution in [0.25, 0.3) is 0 Å². The van der Waals surface area contributed by atoms with Crippen molar-refractivity contribution in [1.82, 2.24) is 0 Å². The summed E-state index contributed by atoms with van der Waals surface area (Å²) in [6.07, 6.45) is 2.35. The lowest BCUT2D eigenvalue weighted by Gasteiger charge is -2.03. The number of aryl methyl sites for hydroxylation is 2. The van der Waals surface area contributed by atoms with Crippen molar-refractivity contribution in [2.75, 3.05) is 0 Å². The number of hydrogen-bond donors (Lipinski definition) is 0. The largest absolute Gasteiger partial charge is 0.114 e. The number of rotatable bonds is 2. The Morgan fingerprint density at radius 2 is 2.09 bits per heavy atom. The molecule has 0 aliphatic rings. The summed E-state index contributed by atoms with van der Waals surface area (Å²) in [5.41, 5.74) is 3.47. The van der Waals surface area contributed by atoms with Crippen molar-refractivity contribution < 1.29 is 0 Å². The first kappa shape index (κ1) is 8.38. The highest BCUT2D eigenvalue weighted by molar-refractivity contribution is 6.33. The van der Waals surface area contributed by atoms with Crippen LogP contribution in [0.3, 0.4) is 0 Å². The van der Waals surface area contributed by atoms with Gasteiger partial charge in [0.2, 0.25) is 0 Å². The van der Waals surface area contributed by atoms with Crippen LogP contribution < -0.4 is 5.46 Å². The molecule has 1 heteroatoms. The molecule has 1 aromatic carbocycles. The smallest absolute Gasteiger partial charge is 0.0938 e. The SMILES string of the molecule is [B]c1ccc(CCC)cc1C. The lowest BCUT2D eigenvalue weighted by Crippen LogP contribution is -2.06. The van der Waals surface area contributed by atoms with Crippen LogP contribution in [0.2, 0.25) is 0 Å². The third-order valence-corrected chi connectivity index (χ3v) is 1.87. The maximum absolute atomic E-state index is 5.68. The van der Waals surface area contributed by atoms with Gasteiger partial charge in [0.1, 0.15) is 7.85 Å². The molecule has 11 heavy (non-hydrogen) atoms. The molecule has 0 amide bonds. The Hall–Kier alpha value is -0.715. The first-order valence-electron chi connectivity index (χ1n) is 4.09. The van der Waals surface area contributed by atoms with Crippen molar-refractivity contribution in [3.8, 4) is 0 Å². The summed E-state index contributed by atoms with van der Waals surface area (Å²) in [5.74, 6) is 0. The average molecular weight is 144 g/mol. The molecular formula is C10H13B. The zero-order valence-corrected chi connectivity index (χ0v) is 7.22. The first-order valence-corrected chi connectivity index (χ1v) is 4.09. The van der Waals surface area contributed by atoms with E-state index < -0.39 is 0 Å². The van der Waals surface area contributed by atoms with Gasteiger partial charge < -0.3 is 0 Å². The zero-order valence-electron chi connectivity index (χ0n) is 7.22. The molecule has 0 bridgehead atoms. The summed E-state index contributed by atoms with van der Waals surface area (Å²) < 4.78 is 0. The fourth-order valence-electron chi connectivity index (χ4n) is 1.18. The fourth-order valence-corrected chi connectivity index (χ4v) is 1.18. The number of hydrogen-bond acceptors (Lipinski definition) is 0. The Bertz CT molecular complexity index is 241. The van der Waals surface area contributed by atoms with Crippen LogP contribution in [0.1, 0.15) is 24.5 Å². The lowest BCUT2D eigenvalue weighted by atomic mass is 9.89. The molecule has 0 fully saturated rings. The van der Waals surface area contributed by atoms with Crippen molar-refractivity contribution in [2.24, 2.45) is 0 Å². The Morgan fingerprint density at radius 3 is 2.64 bits per heavy atom. The Balaban J connectivity index is 2.86. The van der Waals surface area contributed by atoms with Crippen molar-refractivity contribution in [2.45, 2.75) is 26.7 Å². The molecule has 0 N–H and O–H groups in total. The monoisotopic (exact) mass is 144 g/mol. The maximum Gasteiger partial charge on any atom is 0.114 e. The van der Waals surface area contributed by atoms with E-state index in [0.29, 0.717) is 0 Å². The molecule has 0 aliphatic carbocycles. The minimum absolute atomic E-state index is 0.893. The van der Waals surface area contributed by atoms with E-state index in [9.17, 15) is 0 Å². The van der Waals surface area contributed by atoms with E-state index >= 15 is 0 Å². The van der Waals surface area contributed by atoms with Gasteiger partial charge in [0, 0.05) is 0 Å². The number of benzene rings is 1. The van der Waals surface area contributed by atoms with E-state index in [1.54, 1.807) is 0 Å². The second-order valence-electron chi connectivity index (χ2n) is 2.94. The average Bonchev–Trinajstić information content (AvgIpc) is 1.98. The Morgan fingerprint density at radius 1 is 1.36 bits per heavy atom. The van der Waals surface area contributed by atoms with Gasteiger partial charge in [0.15, 0.2) is 0 Å². The van der Waals surface area contributed by atoms with Crippen molar-refractivity contribution in [3.05, 3.63) is 29.3 Å². The second-order valence-corrected chi connectivity index (χ2v) is 2.94. The third-order valence-electron chi connectivity index (χ3n) is 1.87. The van der Waals surface area contributed by atoms with E-state index in [-0.39, 0.29) is 0 Å². The molecule has 0 spiro atoms. The summed E-state index contributed by atoms with van der Waals surface area (Å²) in [6.45, 7) is 4.24. The molecule has 0 nitrogen and oxygen atoms in total. The van der Waals surface area contributed by atoms with Gasteiger partial charge >= 0.3 is 0 Å². The third kappa shape index (κ3) is 2.11. The molecule has 0 aromatic heterocycles. The van der Waals surface area contributed by atoms with Gasteiger partial charge in [-0.3, -0.25) is 0 Å². The van der Waals surface area contributed by atoms with E-state index in [2.05, 4.69) is 26.0 Å². The van der Waals surface area contributed by atoms with Crippen LogP contribution in [-0.4, -0.2) is 7.85 Å². The van der Waals surface area contributed by atoms with Gasteiger partial charge in [-0.1, -0.05) is 42.6 Å². The minimum atomic E-state index is 0.893. The van der Waals surface area contributed by atoms with Crippen LogP contribution in [0.5, 0.6) is 0 Å². The summed E-state index contributed by atoms with van der Waals surface area (Å²) in [5, 5.41) is 0. The highest BCUT2D eigenvalue weighted by Crippen LogP contribution is 2.03. The minimum Gasteiger partial charge on any atom is -0.0938 e. The Kier molecular flexibility index (Phi) is 2.75. The Labute approximate surface area is 70.0 Å². The molecule has 0 unspecified atom stereocenters. The second kappa shape index (κ2) is 3.61. The standard InChI is InChI=1S/C10H13B/c1-3-4-9-5-6-10(11)8(2)7-9/h5-7H,3-4H2,1-2H3. The van der Waals surface area contributed by atoms with Crippen LogP contribution >= 0.6 is 0 Å². The molecule has 0 saturated carbocycles. The van der Waals surface area contributed by atoms with E-state index in [4.69, 9.17) is 7.85 Å². The lowest BCUT2D eigenvalue weighted by molar-refractivity contribution is 0.921. The van der Waals surface area contributed by atoms with E-state index in [1.165, 1.54) is 17.5 Å². The van der Waals surface area contributed by atoms with Gasteiger partial charge in [-0.05, 0) is 18.9 Å². The van der Waals surface area contributed by atoms with E-state index in [1.807, 2.05) is 6.07 Å². The molecule has 1 aromatic rings. The summed E-state index contributed by atoms with van der Waals surface area (Å²) >= 11 is 0. The summed E-state index contributed by atoms with van der Waals surface area (Å²) in [4.78, 5) is 0. The zero-order chi connectivity index (χ0) is 8.27. The molecule has 0 aliphatic heterocycles. The molecule has 0 saturated heterocycles. The normalized spacial score (nSPS) is 10.0. The van der Waals surface area contributed by atoms with E-state index in [0.717, 1.165) is 11.9 Å². The van der Waals surface area contributed by atoms with Gasteiger partial charge in [-0.25, -0.2) is 0 Å². The van der Waals surface area contributed by atoms with Crippen LogP contribution in [0.15, 0.2) is 18.2 Å². The van der Waals surface area contributed by atoms with Crippen molar-refractivity contribution >= 4 is 13.3 Å². The molecule has 2 radical (unpaired) electrons. The maximum atomic E-state index is 5.68. The predicted octanol–water partition coefficient (Wildman–Crippen LogP) is 1.74. The van der Waals surface area contributed by atoms with Crippen LogP contribution in [-0.2, 0) is 6.42 Å². The van der Waals surface area contributed by atoms with Crippen LogP contribution in [0, 0.1) is 6.92 Å². The highest BCUT2D eigenvalue weighted by Gasteiger charge is 1.93. The molecule has 0 heterocycles. The first-order chi connectivity index (χ1) is 5.24. The van der Waals surface area contributed by atoms with Gasteiger partial charge in [-0.15, -0.1) is 0 Å². The molecule has 56 valence electrons. The van der Waals surface area contributed by atoms with Gasteiger partial charge in [-0.2, -0.15) is 0 Å². The summed E-state index contributed by atoms with van der Waals surface area (Å²) in [7, 11) is 5.68. The van der Waals surface area contributed by atoms with Gasteiger partial charge in [0.05, 0.1) is 0 Å². The van der Waals surface area contributed by atoms with Crippen molar-refractivity contribution in [3.63, 3.8) is 0 Å². The van der Waals surface area contributed by atoms with Crippen molar-refractivity contribution in [1.29, 1.82) is 0 Å². The summed E-state index contributed by atoms with van der Waals surface area (Å²) in [6, 6.07) is 6.25. The molecule has 1 rings (SSSR count). The topological polar surface area (TPSA) is 0 Å². The fraction of sp³-hybridized carbons (Fsp3) is 0.400.